The number of aliphatic hydroxyl groups is 2. The van der Waals surface area contributed by atoms with Crippen LogP contribution >= 0.6 is 0 Å². The van der Waals surface area contributed by atoms with Gasteiger partial charge in [-0.2, -0.15) is 0 Å². The molecule has 0 bridgehead atoms. The van der Waals surface area contributed by atoms with E-state index >= 15 is 0 Å². The first-order valence-corrected chi connectivity index (χ1v) is 7.62. The molecule has 21 heavy (non-hydrogen) atoms. The van der Waals surface area contributed by atoms with Crippen molar-refractivity contribution in [1.82, 2.24) is 0 Å². The zero-order valence-corrected chi connectivity index (χ0v) is 12.7. The Morgan fingerprint density at radius 1 is 1.29 bits per heavy atom. The summed E-state index contributed by atoms with van der Waals surface area (Å²) in [5.74, 6) is -0.569. The molecule has 2 N–H and O–H groups in total. The second kappa shape index (κ2) is 6.20. The summed E-state index contributed by atoms with van der Waals surface area (Å²) < 4.78 is 10.8. The van der Waals surface area contributed by atoms with E-state index in [0.717, 1.165) is 19.3 Å². The molecule has 0 aliphatic carbocycles. The Kier molecular flexibility index (Phi) is 4.74. The van der Waals surface area contributed by atoms with Gasteiger partial charge < -0.3 is 19.7 Å². The highest BCUT2D eigenvalue weighted by Crippen LogP contribution is 2.40. The third-order valence-corrected chi connectivity index (χ3v) is 4.23. The molecular weight excluding hydrogens is 272 g/mol. The number of allylic oxidation sites excluding steroid dienone is 1. The monoisotopic (exact) mass is 296 g/mol. The summed E-state index contributed by atoms with van der Waals surface area (Å²) in [5, 5.41) is 20.8. The maximum atomic E-state index is 11.8. The summed E-state index contributed by atoms with van der Waals surface area (Å²) in [5.41, 5.74) is -1.53. The number of ether oxygens (including phenoxy) is 2. The van der Waals surface area contributed by atoms with Crippen LogP contribution in [0.5, 0.6) is 0 Å². The maximum absolute atomic E-state index is 11.8. The summed E-state index contributed by atoms with van der Waals surface area (Å²) in [7, 11) is 0. The van der Waals surface area contributed by atoms with E-state index in [1.54, 1.807) is 0 Å². The Hall–Kier alpha value is -1.33. The quantitative estimate of drug-likeness (QED) is 0.580. The molecule has 0 spiro atoms. The first-order chi connectivity index (χ1) is 9.89. The number of aliphatic hydroxyl groups excluding tert-OH is 1. The van der Waals surface area contributed by atoms with Crippen molar-refractivity contribution < 1.29 is 24.5 Å². The van der Waals surface area contributed by atoms with Crippen molar-refractivity contribution in [2.45, 2.75) is 70.2 Å². The second-order valence-corrected chi connectivity index (χ2v) is 5.99. The predicted molar refractivity (Wildman–Crippen MR) is 77.1 cm³/mol. The van der Waals surface area contributed by atoms with Crippen LogP contribution in [0.3, 0.4) is 0 Å². The highest BCUT2D eigenvalue weighted by Gasteiger charge is 2.53. The standard InChI is InChI=1S/C16H24O5/c1-4-5-6-7-8-9-11-16(3,19)14(18)12-13(17)10(2)20-15(12)21-11/h11,14,18-19H,2,4-9H2,1,3H3/t11-,14-,16-/m0/s1. The lowest BCUT2D eigenvalue weighted by Gasteiger charge is -2.40. The fourth-order valence-corrected chi connectivity index (χ4v) is 2.78. The lowest BCUT2D eigenvalue weighted by Crippen LogP contribution is -2.55. The van der Waals surface area contributed by atoms with E-state index < -0.39 is 23.6 Å². The van der Waals surface area contributed by atoms with Gasteiger partial charge in [-0.3, -0.25) is 4.79 Å². The summed E-state index contributed by atoms with van der Waals surface area (Å²) >= 11 is 0. The molecule has 5 nitrogen and oxygen atoms in total. The SMILES string of the molecule is C=C1OC2=C(C1=O)[C@H](O)[C@@](C)(O)[C@H](CCCCCCC)O2. The molecule has 0 unspecified atom stereocenters. The molecule has 118 valence electrons. The summed E-state index contributed by atoms with van der Waals surface area (Å²) in [6.07, 6.45) is 4.16. The van der Waals surface area contributed by atoms with Crippen molar-refractivity contribution in [2.24, 2.45) is 0 Å². The Labute approximate surface area is 125 Å². The van der Waals surface area contributed by atoms with E-state index in [2.05, 4.69) is 13.5 Å². The average molecular weight is 296 g/mol. The fraction of sp³-hybridized carbons (Fsp3) is 0.688. The molecule has 2 rings (SSSR count). The molecule has 3 atom stereocenters. The highest BCUT2D eigenvalue weighted by molar-refractivity contribution is 6.09. The lowest BCUT2D eigenvalue weighted by atomic mass is 9.82. The summed E-state index contributed by atoms with van der Waals surface area (Å²) in [6, 6.07) is 0. The van der Waals surface area contributed by atoms with E-state index in [4.69, 9.17) is 9.47 Å². The van der Waals surface area contributed by atoms with E-state index in [1.165, 1.54) is 19.8 Å². The Morgan fingerprint density at radius 3 is 2.62 bits per heavy atom. The van der Waals surface area contributed by atoms with Gasteiger partial charge in [-0.1, -0.05) is 39.2 Å². The topological polar surface area (TPSA) is 76.0 Å². The molecule has 0 saturated carbocycles. The van der Waals surface area contributed by atoms with E-state index in [1.807, 2.05) is 0 Å². The van der Waals surface area contributed by atoms with E-state index in [0.29, 0.717) is 6.42 Å². The van der Waals surface area contributed by atoms with Crippen molar-refractivity contribution in [2.75, 3.05) is 0 Å². The molecule has 0 aromatic heterocycles. The smallest absolute Gasteiger partial charge is 0.295 e. The van der Waals surface area contributed by atoms with Crippen LogP contribution in [-0.4, -0.2) is 33.8 Å². The first-order valence-electron chi connectivity index (χ1n) is 7.62. The highest BCUT2D eigenvalue weighted by atomic mass is 16.7. The minimum atomic E-state index is -1.51. The zero-order valence-electron chi connectivity index (χ0n) is 12.7. The Bertz CT molecular complexity index is 463. The number of hydrogen-bond acceptors (Lipinski definition) is 5. The molecule has 2 aliphatic rings. The van der Waals surface area contributed by atoms with Gasteiger partial charge in [0.05, 0.1) is 0 Å². The van der Waals surface area contributed by atoms with Crippen LogP contribution in [0.25, 0.3) is 0 Å². The van der Waals surface area contributed by atoms with Gasteiger partial charge in [0, 0.05) is 0 Å². The average Bonchev–Trinajstić information content (AvgIpc) is 2.70. The van der Waals surface area contributed by atoms with Crippen molar-refractivity contribution in [3.05, 3.63) is 23.9 Å². The number of carbonyl (C=O) groups is 1. The number of ketones is 1. The van der Waals surface area contributed by atoms with Gasteiger partial charge in [-0.15, -0.1) is 0 Å². The van der Waals surface area contributed by atoms with Gasteiger partial charge in [-0.05, 0) is 19.8 Å². The molecule has 0 aromatic rings. The number of Topliss-reactive ketones (excluding diaryl/α,β-unsaturated/α-hetero) is 1. The molecule has 2 heterocycles. The van der Waals surface area contributed by atoms with Crippen LogP contribution in [0.2, 0.25) is 0 Å². The second-order valence-electron chi connectivity index (χ2n) is 5.99. The Morgan fingerprint density at radius 2 is 1.95 bits per heavy atom. The van der Waals surface area contributed by atoms with Crippen LogP contribution < -0.4 is 0 Å². The molecule has 0 radical (unpaired) electrons. The van der Waals surface area contributed by atoms with Crippen LogP contribution in [0.15, 0.2) is 23.9 Å². The molecule has 0 aromatic carbocycles. The first kappa shape index (κ1) is 16.0. The van der Waals surface area contributed by atoms with Gasteiger partial charge >= 0.3 is 0 Å². The van der Waals surface area contributed by atoms with Gasteiger partial charge in [-0.25, -0.2) is 0 Å². The Balaban J connectivity index is 2.03. The summed E-state index contributed by atoms with van der Waals surface area (Å²) in [6.45, 7) is 7.12. The van der Waals surface area contributed by atoms with Gasteiger partial charge in [0.25, 0.3) is 5.95 Å². The number of hydrogen-bond donors (Lipinski definition) is 2. The summed E-state index contributed by atoms with van der Waals surface area (Å²) in [4.78, 5) is 11.8. The minimum Gasteiger partial charge on any atom is -0.458 e. The van der Waals surface area contributed by atoms with Gasteiger partial charge in [0.1, 0.15) is 23.4 Å². The molecule has 0 amide bonds. The third kappa shape index (κ3) is 2.99. The molecular formula is C16H24O5. The molecule has 2 aliphatic heterocycles. The van der Waals surface area contributed by atoms with E-state index in [9.17, 15) is 15.0 Å². The number of rotatable bonds is 6. The van der Waals surface area contributed by atoms with Crippen molar-refractivity contribution in [3.8, 4) is 0 Å². The van der Waals surface area contributed by atoms with Gasteiger partial charge in [0.2, 0.25) is 5.78 Å². The van der Waals surface area contributed by atoms with Crippen molar-refractivity contribution >= 4 is 5.78 Å². The van der Waals surface area contributed by atoms with Crippen LogP contribution in [0, 0.1) is 0 Å². The zero-order chi connectivity index (χ0) is 15.6. The fourth-order valence-electron chi connectivity index (χ4n) is 2.78. The molecule has 0 fully saturated rings. The molecule has 5 heteroatoms. The number of unbranched alkanes of at least 4 members (excludes halogenated alkanes) is 4. The number of carbonyl (C=O) groups excluding carboxylic acids is 1. The minimum absolute atomic E-state index is 0.00239. The van der Waals surface area contributed by atoms with Gasteiger partial charge in [0.15, 0.2) is 5.76 Å². The molecule has 0 saturated heterocycles. The van der Waals surface area contributed by atoms with Crippen LogP contribution in [0.1, 0.15) is 52.4 Å². The van der Waals surface area contributed by atoms with Crippen molar-refractivity contribution in [3.63, 3.8) is 0 Å². The van der Waals surface area contributed by atoms with Crippen LogP contribution in [0.4, 0.5) is 0 Å². The third-order valence-electron chi connectivity index (χ3n) is 4.23. The normalized spacial score (nSPS) is 32.0. The predicted octanol–water partition coefficient (Wildman–Crippen LogP) is 2.18. The van der Waals surface area contributed by atoms with E-state index in [-0.39, 0.29) is 17.3 Å². The van der Waals surface area contributed by atoms with Crippen molar-refractivity contribution in [1.29, 1.82) is 0 Å². The maximum Gasteiger partial charge on any atom is 0.295 e. The largest absolute Gasteiger partial charge is 0.458 e. The lowest BCUT2D eigenvalue weighted by molar-refractivity contribution is -0.166. The van der Waals surface area contributed by atoms with Crippen LogP contribution in [-0.2, 0) is 14.3 Å².